The van der Waals surface area contributed by atoms with Crippen LogP contribution in [-0.2, 0) is 0 Å². The van der Waals surface area contributed by atoms with Crippen LogP contribution in [0.3, 0.4) is 0 Å². The van der Waals surface area contributed by atoms with Crippen molar-refractivity contribution in [2.45, 2.75) is 17.2 Å². The SMILES string of the molecule is COc1ccccc1N1CCN(CCCCSc2nc3ccccc3s2)CC1. The van der Waals surface area contributed by atoms with Crippen LogP contribution in [0.15, 0.2) is 52.9 Å². The van der Waals surface area contributed by atoms with Gasteiger partial charge in [-0.1, -0.05) is 36.0 Å². The standard InChI is InChI=1S/C22H27N3OS2/c1-26-20-10-4-3-9-19(20)25-15-13-24(14-16-25)12-6-7-17-27-22-23-18-8-2-5-11-21(18)28-22/h2-5,8-11H,6-7,12-17H2,1H3. The highest BCUT2D eigenvalue weighted by Crippen LogP contribution is 2.30. The molecule has 4 nitrogen and oxygen atoms in total. The van der Waals surface area contributed by atoms with Crippen molar-refractivity contribution >= 4 is 39.0 Å². The number of rotatable bonds is 8. The molecule has 6 heteroatoms. The zero-order chi connectivity index (χ0) is 19.2. The van der Waals surface area contributed by atoms with Crippen molar-refractivity contribution in [3.05, 3.63) is 48.5 Å². The van der Waals surface area contributed by atoms with Crippen molar-refractivity contribution < 1.29 is 4.74 Å². The molecule has 0 radical (unpaired) electrons. The van der Waals surface area contributed by atoms with Crippen molar-refractivity contribution in [1.82, 2.24) is 9.88 Å². The van der Waals surface area contributed by atoms with Gasteiger partial charge in [-0.2, -0.15) is 0 Å². The Kier molecular flexibility index (Phi) is 6.73. The van der Waals surface area contributed by atoms with Gasteiger partial charge in [-0.25, -0.2) is 4.98 Å². The highest BCUT2D eigenvalue weighted by atomic mass is 32.2. The summed E-state index contributed by atoms with van der Waals surface area (Å²) in [4.78, 5) is 9.74. The van der Waals surface area contributed by atoms with Crippen LogP contribution in [0.5, 0.6) is 5.75 Å². The number of nitrogens with zero attached hydrogens (tertiary/aromatic N) is 3. The van der Waals surface area contributed by atoms with E-state index in [1.54, 1.807) is 7.11 Å². The molecule has 0 amide bonds. The number of ether oxygens (including phenoxy) is 1. The summed E-state index contributed by atoms with van der Waals surface area (Å²) >= 11 is 3.71. The number of thioether (sulfide) groups is 1. The van der Waals surface area contributed by atoms with Gasteiger partial charge in [0.1, 0.15) is 5.75 Å². The summed E-state index contributed by atoms with van der Waals surface area (Å²) in [7, 11) is 1.75. The minimum absolute atomic E-state index is 0.975. The molecular formula is C22H27N3OS2. The number of hydrogen-bond donors (Lipinski definition) is 0. The smallest absolute Gasteiger partial charge is 0.151 e. The van der Waals surface area contributed by atoms with Gasteiger partial charge < -0.3 is 9.64 Å². The first-order valence-electron chi connectivity index (χ1n) is 9.92. The normalized spacial score (nSPS) is 15.2. The van der Waals surface area contributed by atoms with Gasteiger partial charge in [0, 0.05) is 31.9 Å². The molecule has 1 fully saturated rings. The maximum atomic E-state index is 5.51. The molecule has 3 aromatic rings. The number of benzene rings is 2. The van der Waals surface area contributed by atoms with E-state index in [1.165, 1.54) is 34.1 Å². The second-order valence-electron chi connectivity index (χ2n) is 7.00. The van der Waals surface area contributed by atoms with Crippen LogP contribution in [0.25, 0.3) is 10.2 Å². The summed E-state index contributed by atoms with van der Waals surface area (Å²) in [5.74, 6) is 2.13. The van der Waals surface area contributed by atoms with Crippen LogP contribution in [0.2, 0.25) is 0 Å². The molecule has 2 aromatic carbocycles. The quantitative estimate of drug-likeness (QED) is 0.383. The maximum Gasteiger partial charge on any atom is 0.151 e. The van der Waals surface area contributed by atoms with Crippen LogP contribution >= 0.6 is 23.1 Å². The Hall–Kier alpha value is -1.76. The number of thiazole rings is 1. The van der Waals surface area contributed by atoms with Crippen LogP contribution < -0.4 is 9.64 Å². The molecule has 1 aromatic heterocycles. The van der Waals surface area contributed by atoms with E-state index in [-0.39, 0.29) is 0 Å². The third-order valence-corrected chi connectivity index (χ3v) is 7.43. The Balaban J connectivity index is 1.16. The molecular weight excluding hydrogens is 386 g/mol. The van der Waals surface area contributed by atoms with Crippen molar-refractivity contribution in [3.8, 4) is 5.75 Å². The van der Waals surface area contributed by atoms with Gasteiger partial charge in [0.25, 0.3) is 0 Å². The first kappa shape index (κ1) is 19.6. The van der Waals surface area contributed by atoms with E-state index >= 15 is 0 Å². The van der Waals surface area contributed by atoms with Crippen molar-refractivity contribution in [2.75, 3.05) is 50.5 Å². The number of aromatic nitrogens is 1. The summed E-state index contributed by atoms with van der Waals surface area (Å²) in [6.45, 7) is 5.59. The fraction of sp³-hybridized carbons (Fsp3) is 0.409. The van der Waals surface area contributed by atoms with Gasteiger partial charge >= 0.3 is 0 Å². The summed E-state index contributed by atoms with van der Waals surface area (Å²) in [5.41, 5.74) is 2.35. The van der Waals surface area contributed by atoms with E-state index in [4.69, 9.17) is 9.72 Å². The number of hydrogen-bond acceptors (Lipinski definition) is 6. The van der Waals surface area contributed by atoms with E-state index in [0.29, 0.717) is 0 Å². The minimum atomic E-state index is 0.975. The molecule has 0 N–H and O–H groups in total. The molecule has 0 aliphatic carbocycles. The number of unbranched alkanes of at least 4 members (excludes halogenated alkanes) is 1. The van der Waals surface area contributed by atoms with Crippen LogP contribution in [-0.4, -0.2) is 55.5 Å². The van der Waals surface area contributed by atoms with Gasteiger partial charge in [-0.3, -0.25) is 4.90 Å². The summed E-state index contributed by atoms with van der Waals surface area (Å²) < 4.78 is 8.00. The van der Waals surface area contributed by atoms with E-state index in [1.807, 2.05) is 35.2 Å². The molecule has 1 saturated heterocycles. The van der Waals surface area contributed by atoms with Gasteiger partial charge in [0.05, 0.1) is 23.0 Å². The molecule has 0 bridgehead atoms. The second kappa shape index (κ2) is 9.63. The number of methoxy groups -OCH3 is 1. The van der Waals surface area contributed by atoms with E-state index in [2.05, 4.69) is 46.2 Å². The molecule has 1 aliphatic rings. The monoisotopic (exact) mass is 413 g/mol. The first-order valence-corrected chi connectivity index (χ1v) is 11.7. The van der Waals surface area contributed by atoms with E-state index in [0.717, 1.165) is 43.2 Å². The lowest BCUT2D eigenvalue weighted by Crippen LogP contribution is -2.46. The zero-order valence-corrected chi connectivity index (χ0v) is 18.0. The van der Waals surface area contributed by atoms with Gasteiger partial charge in [0.2, 0.25) is 0 Å². The van der Waals surface area contributed by atoms with E-state index in [9.17, 15) is 0 Å². The van der Waals surface area contributed by atoms with Gasteiger partial charge in [0.15, 0.2) is 4.34 Å². The lowest BCUT2D eigenvalue weighted by molar-refractivity contribution is 0.253. The lowest BCUT2D eigenvalue weighted by atomic mass is 10.2. The predicted molar refractivity (Wildman–Crippen MR) is 121 cm³/mol. The Morgan fingerprint density at radius 2 is 1.79 bits per heavy atom. The van der Waals surface area contributed by atoms with Crippen molar-refractivity contribution in [1.29, 1.82) is 0 Å². The highest BCUT2D eigenvalue weighted by Gasteiger charge is 2.19. The zero-order valence-electron chi connectivity index (χ0n) is 16.3. The molecule has 0 spiro atoms. The third kappa shape index (κ3) is 4.80. The average molecular weight is 414 g/mol. The molecule has 0 saturated carbocycles. The molecule has 28 heavy (non-hydrogen) atoms. The van der Waals surface area contributed by atoms with Gasteiger partial charge in [-0.15, -0.1) is 11.3 Å². The highest BCUT2D eigenvalue weighted by molar-refractivity contribution is 8.01. The fourth-order valence-electron chi connectivity index (χ4n) is 3.61. The first-order chi connectivity index (χ1) is 13.8. The van der Waals surface area contributed by atoms with Crippen LogP contribution in [0.1, 0.15) is 12.8 Å². The number of anilines is 1. The topological polar surface area (TPSA) is 28.6 Å². The van der Waals surface area contributed by atoms with E-state index < -0.39 is 0 Å². The molecule has 2 heterocycles. The summed E-state index contributed by atoms with van der Waals surface area (Å²) in [5, 5.41) is 0. The number of fused-ring (bicyclic) bond motifs is 1. The lowest BCUT2D eigenvalue weighted by Gasteiger charge is -2.36. The molecule has 0 atom stereocenters. The Morgan fingerprint density at radius 3 is 2.61 bits per heavy atom. The summed E-state index contributed by atoms with van der Waals surface area (Å²) in [6, 6.07) is 16.7. The second-order valence-corrected chi connectivity index (χ2v) is 9.38. The minimum Gasteiger partial charge on any atom is -0.495 e. The third-order valence-electron chi connectivity index (χ3n) is 5.17. The van der Waals surface area contributed by atoms with Gasteiger partial charge in [-0.05, 0) is 43.7 Å². The maximum absolute atomic E-state index is 5.51. The Bertz CT molecular complexity index is 857. The molecule has 148 valence electrons. The Labute approximate surface area is 175 Å². The number of piperazine rings is 1. The molecule has 0 unspecified atom stereocenters. The molecule has 4 rings (SSSR count). The predicted octanol–water partition coefficient (Wildman–Crippen LogP) is 5.00. The fourth-order valence-corrected chi connectivity index (χ4v) is 5.75. The van der Waals surface area contributed by atoms with Crippen molar-refractivity contribution in [3.63, 3.8) is 0 Å². The van der Waals surface area contributed by atoms with Crippen LogP contribution in [0, 0.1) is 0 Å². The molecule has 1 aliphatic heterocycles. The van der Waals surface area contributed by atoms with Crippen molar-refractivity contribution in [2.24, 2.45) is 0 Å². The van der Waals surface area contributed by atoms with Crippen LogP contribution in [0.4, 0.5) is 5.69 Å². The largest absolute Gasteiger partial charge is 0.495 e. The summed E-state index contributed by atoms with van der Waals surface area (Å²) in [6.07, 6.45) is 2.50. The Morgan fingerprint density at radius 1 is 1.00 bits per heavy atom. The average Bonchev–Trinajstić information content (AvgIpc) is 3.17. The number of para-hydroxylation sites is 3.